The summed E-state index contributed by atoms with van der Waals surface area (Å²) in [4.78, 5) is 13.3. The Morgan fingerprint density at radius 2 is 2.26 bits per heavy atom. The van der Waals surface area contributed by atoms with Crippen molar-refractivity contribution in [2.24, 2.45) is 0 Å². The first-order chi connectivity index (χ1) is 8.95. The van der Waals surface area contributed by atoms with Crippen molar-refractivity contribution in [3.8, 4) is 0 Å². The van der Waals surface area contributed by atoms with Crippen molar-refractivity contribution in [2.75, 3.05) is 32.6 Å². The molecule has 0 aliphatic rings. The van der Waals surface area contributed by atoms with Gasteiger partial charge in [0.1, 0.15) is 0 Å². The number of hydrogen-bond donors (Lipinski definition) is 2. The van der Waals surface area contributed by atoms with Crippen molar-refractivity contribution < 1.29 is 14.6 Å². The number of carbonyl (C=O) groups excluding carboxylic acids is 1. The lowest BCUT2D eigenvalue weighted by molar-refractivity contribution is 0.0501. The average molecular weight is 287 g/mol. The normalized spacial score (nSPS) is 12.1. The lowest BCUT2D eigenvalue weighted by atomic mass is 10.2. The van der Waals surface area contributed by atoms with E-state index in [-0.39, 0.29) is 19.2 Å². The van der Waals surface area contributed by atoms with Crippen molar-refractivity contribution in [3.63, 3.8) is 0 Å². The Hall–Kier alpha value is -1.30. The Bertz CT molecular complexity index is 440. The Labute approximate surface area is 118 Å². The maximum absolute atomic E-state index is 11.9. The molecule has 1 unspecified atom stereocenters. The van der Waals surface area contributed by atoms with E-state index in [9.17, 15) is 9.90 Å². The summed E-state index contributed by atoms with van der Waals surface area (Å²) in [6.07, 6.45) is -0.707. The van der Waals surface area contributed by atoms with Gasteiger partial charge in [-0.3, -0.25) is 0 Å². The van der Waals surface area contributed by atoms with Crippen LogP contribution in [-0.2, 0) is 4.74 Å². The molecule has 1 rings (SSSR count). The summed E-state index contributed by atoms with van der Waals surface area (Å²) in [5.74, 6) is 0. The van der Waals surface area contributed by atoms with E-state index in [0.717, 1.165) is 5.56 Å². The van der Waals surface area contributed by atoms with Crippen LogP contribution in [0.25, 0.3) is 0 Å². The molecule has 2 N–H and O–H groups in total. The fourth-order valence-corrected chi connectivity index (χ4v) is 1.77. The van der Waals surface area contributed by atoms with Crippen LogP contribution in [-0.4, -0.2) is 49.5 Å². The fraction of sp³-hybridized carbons (Fsp3) is 0.462. The number of methoxy groups -OCH3 is 1. The molecule has 2 amide bonds. The van der Waals surface area contributed by atoms with Crippen LogP contribution in [0.5, 0.6) is 0 Å². The van der Waals surface area contributed by atoms with Crippen LogP contribution in [0.15, 0.2) is 18.2 Å². The summed E-state index contributed by atoms with van der Waals surface area (Å²) in [5, 5.41) is 12.9. The Morgan fingerprint density at radius 1 is 1.58 bits per heavy atom. The highest BCUT2D eigenvalue weighted by Gasteiger charge is 2.14. The van der Waals surface area contributed by atoms with E-state index in [1.807, 2.05) is 6.92 Å². The zero-order valence-corrected chi connectivity index (χ0v) is 12.1. The van der Waals surface area contributed by atoms with Crippen LogP contribution in [0.4, 0.5) is 10.5 Å². The number of likely N-dealkylation sites (N-methyl/N-ethyl adjacent to an activating group) is 1. The van der Waals surface area contributed by atoms with Gasteiger partial charge in [-0.05, 0) is 24.6 Å². The number of halogens is 1. The molecule has 1 aromatic rings. The summed E-state index contributed by atoms with van der Waals surface area (Å²) in [5.41, 5.74) is 1.47. The smallest absolute Gasteiger partial charge is 0.321 e. The lowest BCUT2D eigenvalue weighted by Gasteiger charge is -2.21. The van der Waals surface area contributed by atoms with Gasteiger partial charge in [-0.2, -0.15) is 0 Å². The Morgan fingerprint density at radius 3 is 2.89 bits per heavy atom. The van der Waals surface area contributed by atoms with Gasteiger partial charge in [0.05, 0.1) is 19.3 Å². The Kier molecular flexibility index (Phi) is 6.08. The number of hydrogen-bond acceptors (Lipinski definition) is 3. The van der Waals surface area contributed by atoms with E-state index >= 15 is 0 Å². The van der Waals surface area contributed by atoms with Crippen LogP contribution in [0.3, 0.4) is 0 Å². The number of urea groups is 1. The van der Waals surface area contributed by atoms with E-state index in [0.29, 0.717) is 10.7 Å². The number of aliphatic hydroxyl groups excluding tert-OH is 1. The predicted octanol–water partition coefficient (Wildman–Crippen LogP) is 2.12. The zero-order chi connectivity index (χ0) is 14.4. The highest BCUT2D eigenvalue weighted by molar-refractivity contribution is 6.31. The average Bonchev–Trinajstić information content (AvgIpc) is 2.35. The van der Waals surface area contributed by atoms with Crippen LogP contribution in [0, 0.1) is 6.92 Å². The van der Waals surface area contributed by atoms with Gasteiger partial charge >= 0.3 is 6.03 Å². The largest absolute Gasteiger partial charge is 0.389 e. The van der Waals surface area contributed by atoms with Gasteiger partial charge in [0.25, 0.3) is 0 Å². The highest BCUT2D eigenvalue weighted by Crippen LogP contribution is 2.23. The number of amides is 2. The molecular weight excluding hydrogens is 268 g/mol. The van der Waals surface area contributed by atoms with Crippen molar-refractivity contribution in [1.29, 1.82) is 0 Å². The number of benzene rings is 1. The van der Waals surface area contributed by atoms with E-state index in [1.54, 1.807) is 25.2 Å². The summed E-state index contributed by atoms with van der Waals surface area (Å²) < 4.78 is 4.81. The number of nitrogens with one attached hydrogen (secondary N) is 1. The Balaban J connectivity index is 2.61. The fourth-order valence-electron chi connectivity index (χ4n) is 1.60. The summed E-state index contributed by atoms with van der Waals surface area (Å²) in [6, 6.07) is 5.00. The minimum absolute atomic E-state index is 0.188. The number of ether oxygens (including phenoxy) is 1. The molecule has 0 saturated heterocycles. The van der Waals surface area contributed by atoms with Crippen molar-refractivity contribution in [3.05, 3.63) is 28.8 Å². The number of anilines is 1. The van der Waals surface area contributed by atoms with Gasteiger partial charge < -0.3 is 20.1 Å². The SMILES string of the molecule is COCC(O)CN(C)C(=O)Nc1cccc(Cl)c1C. The molecule has 0 aliphatic carbocycles. The molecule has 1 atom stereocenters. The minimum Gasteiger partial charge on any atom is -0.389 e. The summed E-state index contributed by atoms with van der Waals surface area (Å²) in [6.45, 7) is 2.21. The first-order valence-corrected chi connectivity index (χ1v) is 6.27. The topological polar surface area (TPSA) is 61.8 Å². The van der Waals surface area contributed by atoms with Gasteiger partial charge in [-0.25, -0.2) is 4.79 Å². The van der Waals surface area contributed by atoms with Crippen molar-refractivity contribution in [2.45, 2.75) is 13.0 Å². The van der Waals surface area contributed by atoms with E-state index in [4.69, 9.17) is 16.3 Å². The van der Waals surface area contributed by atoms with Crippen molar-refractivity contribution >= 4 is 23.3 Å². The number of nitrogens with zero attached hydrogens (tertiary/aromatic N) is 1. The molecule has 1 aromatic carbocycles. The monoisotopic (exact) mass is 286 g/mol. The molecule has 5 nitrogen and oxygen atoms in total. The quantitative estimate of drug-likeness (QED) is 0.871. The molecule has 0 bridgehead atoms. The third-order valence-corrected chi connectivity index (χ3v) is 3.11. The maximum Gasteiger partial charge on any atom is 0.321 e. The summed E-state index contributed by atoms with van der Waals surface area (Å²) in [7, 11) is 3.10. The molecule has 0 radical (unpaired) electrons. The van der Waals surface area contributed by atoms with Gasteiger partial charge in [-0.15, -0.1) is 0 Å². The van der Waals surface area contributed by atoms with Gasteiger partial charge in [0.15, 0.2) is 0 Å². The predicted molar refractivity (Wildman–Crippen MR) is 75.7 cm³/mol. The van der Waals surface area contributed by atoms with Crippen LogP contribution in [0.1, 0.15) is 5.56 Å². The number of carbonyl (C=O) groups is 1. The molecule has 0 aliphatic heterocycles. The number of rotatable bonds is 5. The van der Waals surface area contributed by atoms with E-state index in [1.165, 1.54) is 12.0 Å². The minimum atomic E-state index is -0.707. The van der Waals surface area contributed by atoms with E-state index < -0.39 is 6.10 Å². The van der Waals surface area contributed by atoms with Crippen LogP contribution >= 0.6 is 11.6 Å². The molecular formula is C13H19ClN2O3. The molecule has 0 heterocycles. The highest BCUT2D eigenvalue weighted by atomic mass is 35.5. The zero-order valence-electron chi connectivity index (χ0n) is 11.3. The standard InChI is InChI=1S/C13H19ClN2O3/c1-9-11(14)5-4-6-12(9)15-13(18)16(2)7-10(17)8-19-3/h4-6,10,17H,7-8H2,1-3H3,(H,15,18). The molecule has 19 heavy (non-hydrogen) atoms. The lowest BCUT2D eigenvalue weighted by Crippen LogP contribution is -2.38. The molecule has 0 spiro atoms. The molecule has 0 aromatic heterocycles. The van der Waals surface area contributed by atoms with Crippen LogP contribution in [0.2, 0.25) is 5.02 Å². The first-order valence-electron chi connectivity index (χ1n) is 5.90. The molecule has 106 valence electrons. The van der Waals surface area contributed by atoms with Gasteiger partial charge in [-0.1, -0.05) is 17.7 Å². The third-order valence-electron chi connectivity index (χ3n) is 2.70. The van der Waals surface area contributed by atoms with Crippen LogP contribution < -0.4 is 5.32 Å². The molecule has 6 heteroatoms. The maximum atomic E-state index is 11.9. The van der Waals surface area contributed by atoms with Gasteiger partial charge in [0, 0.05) is 24.9 Å². The van der Waals surface area contributed by atoms with E-state index in [2.05, 4.69) is 5.32 Å². The second-order valence-electron chi connectivity index (χ2n) is 4.33. The van der Waals surface area contributed by atoms with Gasteiger partial charge in [0.2, 0.25) is 0 Å². The first kappa shape index (κ1) is 15.8. The second-order valence-corrected chi connectivity index (χ2v) is 4.74. The number of aliphatic hydroxyl groups is 1. The third kappa shape index (κ3) is 4.70. The van der Waals surface area contributed by atoms with Crippen molar-refractivity contribution in [1.82, 2.24) is 4.90 Å². The molecule has 0 saturated carbocycles. The second kappa shape index (κ2) is 7.33. The molecule has 0 fully saturated rings. The summed E-state index contributed by atoms with van der Waals surface area (Å²) >= 11 is 5.98.